The minimum Gasteiger partial charge on any atom is -0.346 e. The van der Waals surface area contributed by atoms with Gasteiger partial charge in [0.05, 0.1) is 11.3 Å². The van der Waals surface area contributed by atoms with Crippen LogP contribution in [-0.4, -0.2) is 56.5 Å². The van der Waals surface area contributed by atoms with Gasteiger partial charge in [-0.25, -0.2) is 15.0 Å². The highest BCUT2D eigenvalue weighted by Crippen LogP contribution is 2.26. The average Bonchev–Trinajstić information content (AvgIpc) is 3.10. The van der Waals surface area contributed by atoms with Crippen molar-refractivity contribution in [2.45, 2.75) is 52.5 Å². The number of fused-ring (bicyclic) bond motifs is 3. The van der Waals surface area contributed by atoms with Crippen molar-refractivity contribution < 1.29 is 4.79 Å². The zero-order chi connectivity index (χ0) is 20.7. The van der Waals surface area contributed by atoms with Gasteiger partial charge in [-0.1, -0.05) is 6.42 Å². The van der Waals surface area contributed by atoms with Crippen LogP contribution in [0.15, 0.2) is 11.4 Å². The Morgan fingerprint density at radius 3 is 2.67 bits per heavy atom. The van der Waals surface area contributed by atoms with Crippen LogP contribution in [0.25, 0.3) is 11.2 Å². The van der Waals surface area contributed by atoms with E-state index in [9.17, 15) is 4.79 Å². The number of hydrogen-bond acceptors (Lipinski definition) is 6. The second-order valence-electron chi connectivity index (χ2n) is 8.38. The molecule has 1 fully saturated rings. The maximum atomic E-state index is 13.6. The van der Waals surface area contributed by atoms with Crippen molar-refractivity contribution in [3.05, 3.63) is 34.2 Å². The molecule has 5 heterocycles. The van der Waals surface area contributed by atoms with Crippen LogP contribution in [0.3, 0.4) is 0 Å². The number of pyridine rings is 1. The SMILES string of the molecule is Cc1csc(N2CCCN(C(=O)c3cc(C)nc4c3nc3n4CCCCC3)CC2)n1. The summed E-state index contributed by atoms with van der Waals surface area (Å²) in [5.74, 6) is 1.16. The third kappa shape index (κ3) is 3.57. The Morgan fingerprint density at radius 1 is 0.933 bits per heavy atom. The molecular weight excluding hydrogens is 396 g/mol. The largest absolute Gasteiger partial charge is 0.346 e. The molecule has 3 aromatic rings. The first-order chi connectivity index (χ1) is 14.6. The molecule has 0 aromatic carbocycles. The zero-order valence-corrected chi connectivity index (χ0v) is 18.5. The third-order valence-corrected chi connectivity index (χ3v) is 7.10. The normalized spacial score (nSPS) is 17.7. The molecule has 2 aliphatic rings. The number of imidazole rings is 1. The fourth-order valence-corrected chi connectivity index (χ4v) is 5.40. The first-order valence-electron chi connectivity index (χ1n) is 10.9. The fourth-order valence-electron chi connectivity index (χ4n) is 4.55. The number of aryl methyl sites for hydroxylation is 4. The van der Waals surface area contributed by atoms with E-state index >= 15 is 0 Å². The Bertz CT molecular complexity index is 1090. The Balaban J connectivity index is 1.43. The summed E-state index contributed by atoms with van der Waals surface area (Å²) in [6.45, 7) is 8.15. The molecule has 3 aromatic heterocycles. The number of rotatable bonds is 2. The van der Waals surface area contributed by atoms with Crippen LogP contribution in [0.5, 0.6) is 0 Å². The maximum absolute atomic E-state index is 13.6. The van der Waals surface area contributed by atoms with E-state index in [1.807, 2.05) is 24.8 Å². The van der Waals surface area contributed by atoms with Crippen LogP contribution in [0.2, 0.25) is 0 Å². The number of amides is 1. The minimum atomic E-state index is 0.0796. The molecule has 0 saturated carbocycles. The van der Waals surface area contributed by atoms with Crippen LogP contribution in [0, 0.1) is 13.8 Å². The lowest BCUT2D eigenvalue weighted by Gasteiger charge is -2.22. The number of thiazole rings is 1. The number of carbonyl (C=O) groups excluding carboxylic acids is 1. The van der Waals surface area contributed by atoms with Crippen molar-refractivity contribution in [2.24, 2.45) is 0 Å². The van der Waals surface area contributed by atoms with Gasteiger partial charge in [0.1, 0.15) is 11.3 Å². The molecule has 5 rings (SSSR count). The summed E-state index contributed by atoms with van der Waals surface area (Å²) in [4.78, 5) is 32.1. The van der Waals surface area contributed by atoms with E-state index < -0.39 is 0 Å². The predicted octanol–water partition coefficient (Wildman–Crippen LogP) is 3.58. The molecule has 0 atom stereocenters. The summed E-state index contributed by atoms with van der Waals surface area (Å²) in [5, 5.41) is 3.14. The van der Waals surface area contributed by atoms with Gasteiger partial charge >= 0.3 is 0 Å². The van der Waals surface area contributed by atoms with Gasteiger partial charge in [0.25, 0.3) is 5.91 Å². The molecule has 0 aliphatic carbocycles. The van der Waals surface area contributed by atoms with Crippen molar-refractivity contribution in [1.29, 1.82) is 0 Å². The molecule has 1 amide bonds. The summed E-state index contributed by atoms with van der Waals surface area (Å²) in [6, 6.07) is 1.92. The molecule has 1 saturated heterocycles. The summed E-state index contributed by atoms with van der Waals surface area (Å²) in [6.07, 6.45) is 5.44. The molecule has 30 heavy (non-hydrogen) atoms. The van der Waals surface area contributed by atoms with Gasteiger partial charge < -0.3 is 14.4 Å². The van der Waals surface area contributed by atoms with Gasteiger partial charge in [0.15, 0.2) is 10.8 Å². The quantitative estimate of drug-likeness (QED) is 0.629. The van der Waals surface area contributed by atoms with Crippen molar-refractivity contribution in [1.82, 2.24) is 24.4 Å². The Kier molecular flexibility index (Phi) is 5.18. The number of nitrogens with zero attached hydrogens (tertiary/aromatic N) is 6. The standard InChI is InChI=1S/C22H28N6OS/c1-15-13-17(19-20(23-15)28-10-5-3-4-7-18(28)25-19)21(29)26-8-6-9-27(12-11-26)22-24-16(2)14-30-22/h13-14H,3-12H2,1-2H3. The monoisotopic (exact) mass is 424 g/mol. The average molecular weight is 425 g/mol. The van der Waals surface area contributed by atoms with Crippen molar-refractivity contribution in [2.75, 3.05) is 31.1 Å². The topological polar surface area (TPSA) is 67.2 Å². The molecule has 158 valence electrons. The van der Waals surface area contributed by atoms with E-state index in [1.165, 1.54) is 6.42 Å². The first-order valence-corrected chi connectivity index (χ1v) is 11.8. The van der Waals surface area contributed by atoms with E-state index in [4.69, 9.17) is 9.97 Å². The minimum absolute atomic E-state index is 0.0796. The van der Waals surface area contributed by atoms with E-state index in [0.29, 0.717) is 12.1 Å². The molecule has 0 radical (unpaired) electrons. The molecule has 2 aliphatic heterocycles. The Morgan fingerprint density at radius 2 is 1.83 bits per heavy atom. The smallest absolute Gasteiger partial charge is 0.256 e. The van der Waals surface area contributed by atoms with Gasteiger partial charge in [-0.15, -0.1) is 11.3 Å². The zero-order valence-electron chi connectivity index (χ0n) is 17.7. The van der Waals surface area contributed by atoms with Crippen LogP contribution in [0.1, 0.15) is 53.3 Å². The summed E-state index contributed by atoms with van der Waals surface area (Å²) in [5.41, 5.74) is 4.30. The van der Waals surface area contributed by atoms with Gasteiger partial charge in [-0.3, -0.25) is 4.79 Å². The van der Waals surface area contributed by atoms with Gasteiger partial charge in [-0.05, 0) is 39.2 Å². The molecule has 0 spiro atoms. The van der Waals surface area contributed by atoms with Gasteiger partial charge in [-0.2, -0.15) is 0 Å². The molecule has 0 N–H and O–H groups in total. The van der Waals surface area contributed by atoms with Crippen molar-refractivity contribution in [3.8, 4) is 0 Å². The number of anilines is 1. The molecule has 7 nitrogen and oxygen atoms in total. The highest BCUT2D eigenvalue weighted by molar-refractivity contribution is 7.13. The maximum Gasteiger partial charge on any atom is 0.256 e. The van der Waals surface area contributed by atoms with Crippen molar-refractivity contribution >= 4 is 33.5 Å². The summed E-state index contributed by atoms with van der Waals surface area (Å²) >= 11 is 1.68. The van der Waals surface area contributed by atoms with Gasteiger partial charge in [0, 0.05) is 50.2 Å². The van der Waals surface area contributed by atoms with Crippen LogP contribution >= 0.6 is 11.3 Å². The first kappa shape index (κ1) is 19.5. The number of aromatic nitrogens is 4. The van der Waals surface area contributed by atoms with Gasteiger partial charge in [0.2, 0.25) is 0 Å². The summed E-state index contributed by atoms with van der Waals surface area (Å²) < 4.78 is 2.24. The second kappa shape index (κ2) is 7.98. The Labute approximate surface area is 180 Å². The Hall–Kier alpha value is -2.48. The highest BCUT2D eigenvalue weighted by Gasteiger charge is 2.26. The number of carbonyl (C=O) groups is 1. The van der Waals surface area contributed by atoms with Crippen LogP contribution in [-0.2, 0) is 13.0 Å². The van der Waals surface area contributed by atoms with E-state index in [-0.39, 0.29) is 5.91 Å². The predicted molar refractivity (Wildman–Crippen MR) is 119 cm³/mol. The number of hydrogen-bond donors (Lipinski definition) is 0. The molecule has 8 heteroatoms. The molecule has 0 unspecified atom stereocenters. The summed E-state index contributed by atoms with van der Waals surface area (Å²) in [7, 11) is 0. The third-order valence-electron chi connectivity index (χ3n) is 6.08. The fraction of sp³-hybridized carbons (Fsp3) is 0.545. The highest BCUT2D eigenvalue weighted by atomic mass is 32.1. The second-order valence-corrected chi connectivity index (χ2v) is 9.21. The lowest BCUT2D eigenvalue weighted by atomic mass is 10.1. The van der Waals surface area contributed by atoms with E-state index in [2.05, 4.69) is 19.8 Å². The van der Waals surface area contributed by atoms with Crippen LogP contribution in [0.4, 0.5) is 5.13 Å². The molecule has 0 bridgehead atoms. The van der Waals surface area contributed by atoms with E-state index in [0.717, 1.165) is 85.4 Å². The van der Waals surface area contributed by atoms with E-state index in [1.54, 1.807) is 11.3 Å². The van der Waals surface area contributed by atoms with Crippen LogP contribution < -0.4 is 4.90 Å². The van der Waals surface area contributed by atoms with Crippen molar-refractivity contribution in [3.63, 3.8) is 0 Å². The lowest BCUT2D eigenvalue weighted by molar-refractivity contribution is 0.0768. The lowest BCUT2D eigenvalue weighted by Crippen LogP contribution is -2.35. The molecular formula is C22H28N6OS.